The van der Waals surface area contributed by atoms with E-state index in [1.54, 1.807) is 12.1 Å². The van der Waals surface area contributed by atoms with Crippen LogP contribution < -0.4 is 0 Å². The van der Waals surface area contributed by atoms with E-state index in [0.717, 1.165) is 9.87 Å². The number of sulfonamides is 1. The highest BCUT2D eigenvalue weighted by atomic mass is 32.2. The van der Waals surface area contributed by atoms with Crippen LogP contribution in [0.1, 0.15) is 5.56 Å². The van der Waals surface area contributed by atoms with Gasteiger partial charge >= 0.3 is 0 Å². The Hall–Kier alpha value is -1.03. The monoisotopic (exact) mass is 317 g/mol. The van der Waals surface area contributed by atoms with Crippen molar-refractivity contribution in [3.05, 3.63) is 29.8 Å². The average Bonchev–Trinajstić information content (AvgIpc) is 2.71. The number of nitrogens with zero attached hydrogens (tertiary/aromatic N) is 1. The second-order valence-corrected chi connectivity index (χ2v) is 6.85. The van der Waals surface area contributed by atoms with Gasteiger partial charge in [-0.3, -0.25) is 0 Å². The zero-order valence-electron chi connectivity index (χ0n) is 11.7. The van der Waals surface area contributed by atoms with Crippen LogP contribution in [0.2, 0.25) is 0 Å². The molecule has 0 amide bonds. The van der Waals surface area contributed by atoms with Crippen molar-refractivity contribution < 1.29 is 28.5 Å². The molecule has 118 valence electrons. The first-order chi connectivity index (χ1) is 9.84. The van der Waals surface area contributed by atoms with Crippen LogP contribution in [-0.2, 0) is 14.8 Å². The average molecular weight is 317 g/mol. The van der Waals surface area contributed by atoms with Gasteiger partial charge in [-0.05, 0) is 19.1 Å². The molecule has 3 N–H and O–H groups in total. The molecule has 4 atom stereocenters. The molecule has 1 aliphatic heterocycles. The quantitative estimate of drug-likeness (QED) is 0.661. The van der Waals surface area contributed by atoms with Crippen LogP contribution in [0.4, 0.5) is 0 Å². The highest BCUT2D eigenvalue weighted by molar-refractivity contribution is 7.89. The first kappa shape index (κ1) is 16.3. The lowest BCUT2D eigenvalue weighted by Gasteiger charge is -2.27. The van der Waals surface area contributed by atoms with E-state index in [1.165, 1.54) is 19.2 Å². The van der Waals surface area contributed by atoms with E-state index in [-0.39, 0.29) is 4.90 Å². The Morgan fingerprint density at radius 2 is 1.76 bits per heavy atom. The fourth-order valence-corrected chi connectivity index (χ4v) is 4.22. The number of benzene rings is 1. The summed E-state index contributed by atoms with van der Waals surface area (Å²) in [6.07, 6.45) is -4.09. The fraction of sp³-hybridized carbons (Fsp3) is 0.538. The maximum atomic E-state index is 12.7. The summed E-state index contributed by atoms with van der Waals surface area (Å²) in [6, 6.07) is 5.00. The Morgan fingerprint density at radius 3 is 2.24 bits per heavy atom. The molecule has 2 rings (SSSR count). The summed E-state index contributed by atoms with van der Waals surface area (Å²) < 4.78 is 31.2. The van der Waals surface area contributed by atoms with Gasteiger partial charge in [0.15, 0.2) is 6.23 Å². The van der Waals surface area contributed by atoms with Gasteiger partial charge in [-0.2, -0.15) is 4.31 Å². The predicted molar refractivity (Wildman–Crippen MR) is 73.9 cm³/mol. The van der Waals surface area contributed by atoms with Crippen LogP contribution in [0, 0.1) is 6.92 Å². The van der Waals surface area contributed by atoms with Crippen molar-refractivity contribution >= 4 is 10.0 Å². The lowest BCUT2D eigenvalue weighted by molar-refractivity contribution is -0.0593. The van der Waals surface area contributed by atoms with Crippen LogP contribution in [0.25, 0.3) is 0 Å². The molecular weight excluding hydrogens is 298 g/mol. The van der Waals surface area contributed by atoms with Crippen molar-refractivity contribution in [2.24, 2.45) is 0 Å². The summed E-state index contributed by atoms with van der Waals surface area (Å²) >= 11 is 0. The van der Waals surface area contributed by atoms with Crippen LogP contribution in [-0.4, -0.2) is 66.2 Å². The molecule has 1 aliphatic rings. The molecular formula is C13H19NO6S. The van der Waals surface area contributed by atoms with Gasteiger partial charge in [0.2, 0.25) is 10.0 Å². The van der Waals surface area contributed by atoms with E-state index >= 15 is 0 Å². The summed E-state index contributed by atoms with van der Waals surface area (Å²) in [7, 11) is -2.78. The zero-order chi connectivity index (χ0) is 15.8. The minimum atomic E-state index is -4.02. The molecule has 1 heterocycles. The number of ether oxygens (including phenoxy) is 1. The van der Waals surface area contributed by atoms with E-state index in [4.69, 9.17) is 4.74 Å². The van der Waals surface area contributed by atoms with Gasteiger partial charge in [-0.25, -0.2) is 8.42 Å². The number of methoxy groups -OCH3 is 1. The molecule has 7 nitrogen and oxygen atoms in total. The second kappa shape index (κ2) is 5.99. The summed E-state index contributed by atoms with van der Waals surface area (Å²) in [5.41, 5.74) is 0.900. The smallest absolute Gasteiger partial charge is 0.245 e. The van der Waals surface area contributed by atoms with Crippen LogP contribution >= 0.6 is 0 Å². The van der Waals surface area contributed by atoms with Crippen molar-refractivity contribution in [1.29, 1.82) is 0 Å². The number of aliphatic hydroxyl groups excluding tert-OH is 3. The highest BCUT2D eigenvalue weighted by Gasteiger charge is 2.53. The van der Waals surface area contributed by atoms with Crippen LogP contribution in [0.5, 0.6) is 0 Å². The summed E-state index contributed by atoms with van der Waals surface area (Å²) in [4.78, 5) is 0.00917. The van der Waals surface area contributed by atoms with Gasteiger partial charge in [0.05, 0.1) is 17.5 Å². The molecule has 0 radical (unpaired) electrons. The third-order valence-electron chi connectivity index (χ3n) is 3.64. The van der Waals surface area contributed by atoms with E-state index in [9.17, 15) is 23.7 Å². The Bertz CT molecular complexity index is 571. The Labute approximate surface area is 123 Å². The van der Waals surface area contributed by atoms with Gasteiger partial charge in [0.1, 0.15) is 12.2 Å². The first-order valence-electron chi connectivity index (χ1n) is 6.44. The third kappa shape index (κ3) is 2.70. The van der Waals surface area contributed by atoms with Gasteiger partial charge in [0, 0.05) is 7.11 Å². The zero-order valence-corrected chi connectivity index (χ0v) is 12.6. The largest absolute Gasteiger partial charge is 0.395 e. The summed E-state index contributed by atoms with van der Waals surface area (Å²) in [6.45, 7) is 1.21. The van der Waals surface area contributed by atoms with E-state index in [1.807, 2.05) is 6.92 Å². The molecule has 1 saturated heterocycles. The van der Waals surface area contributed by atoms with E-state index in [0.29, 0.717) is 0 Å². The Kier molecular flexibility index (Phi) is 4.66. The molecule has 1 aromatic carbocycles. The first-order valence-corrected chi connectivity index (χ1v) is 7.88. The van der Waals surface area contributed by atoms with Gasteiger partial charge < -0.3 is 20.1 Å². The number of aryl methyl sites for hydroxylation is 1. The molecule has 0 spiro atoms. The van der Waals surface area contributed by atoms with Crippen molar-refractivity contribution in [2.75, 3.05) is 13.7 Å². The van der Waals surface area contributed by atoms with Crippen molar-refractivity contribution in [1.82, 2.24) is 4.31 Å². The van der Waals surface area contributed by atoms with E-state index < -0.39 is 41.1 Å². The molecule has 1 unspecified atom stereocenters. The normalized spacial score (nSPS) is 30.7. The van der Waals surface area contributed by atoms with Crippen LogP contribution in [0.3, 0.4) is 0 Å². The molecule has 8 heteroatoms. The van der Waals surface area contributed by atoms with Crippen molar-refractivity contribution in [3.8, 4) is 0 Å². The third-order valence-corrected chi connectivity index (χ3v) is 5.54. The number of hydrogen-bond acceptors (Lipinski definition) is 6. The highest BCUT2D eigenvalue weighted by Crippen LogP contribution is 2.32. The standard InChI is InChI=1S/C13H19NO6S/c1-8-3-5-9(6-4-8)21(18,19)14-10(7-15)11(16)12(17)13(14)20-2/h3-6,10-13,15-17H,7H2,1-2H3/t10-,11+,12-,13?/m0/s1. The number of aliphatic hydroxyl groups is 3. The minimum absolute atomic E-state index is 0.00917. The maximum Gasteiger partial charge on any atom is 0.245 e. The van der Waals surface area contributed by atoms with Gasteiger partial charge in [-0.15, -0.1) is 0 Å². The molecule has 1 aromatic rings. The predicted octanol–water partition coefficient (Wildman–Crippen LogP) is -0.945. The SMILES string of the molecule is COC1[C@@H](O)[C@H](O)[C@H](CO)N1S(=O)(=O)c1ccc(C)cc1. The van der Waals surface area contributed by atoms with E-state index in [2.05, 4.69) is 0 Å². The molecule has 21 heavy (non-hydrogen) atoms. The fourth-order valence-electron chi connectivity index (χ4n) is 2.46. The van der Waals surface area contributed by atoms with Crippen molar-refractivity contribution in [3.63, 3.8) is 0 Å². The summed E-state index contributed by atoms with van der Waals surface area (Å²) in [5, 5.41) is 29.1. The van der Waals surface area contributed by atoms with Crippen molar-refractivity contribution in [2.45, 2.75) is 36.3 Å². The van der Waals surface area contributed by atoms with Crippen LogP contribution in [0.15, 0.2) is 29.2 Å². The maximum absolute atomic E-state index is 12.7. The molecule has 0 aliphatic carbocycles. The summed E-state index contributed by atoms with van der Waals surface area (Å²) in [5.74, 6) is 0. The minimum Gasteiger partial charge on any atom is -0.395 e. The number of rotatable bonds is 4. The lowest BCUT2D eigenvalue weighted by Crippen LogP contribution is -2.46. The number of hydrogen-bond donors (Lipinski definition) is 3. The second-order valence-electron chi connectivity index (χ2n) is 5.01. The van der Waals surface area contributed by atoms with Gasteiger partial charge in [-0.1, -0.05) is 17.7 Å². The molecule has 0 bridgehead atoms. The Morgan fingerprint density at radius 1 is 1.19 bits per heavy atom. The lowest BCUT2D eigenvalue weighted by atomic mass is 10.1. The molecule has 0 saturated carbocycles. The topological polar surface area (TPSA) is 107 Å². The van der Waals surface area contributed by atoms with Gasteiger partial charge in [0.25, 0.3) is 0 Å². The Balaban J connectivity index is 2.47. The molecule has 0 aromatic heterocycles. The molecule has 1 fully saturated rings.